The van der Waals surface area contributed by atoms with Crippen molar-refractivity contribution in [3.63, 3.8) is 0 Å². The van der Waals surface area contributed by atoms with E-state index in [-0.39, 0.29) is 0 Å². The van der Waals surface area contributed by atoms with E-state index in [1.54, 1.807) is 0 Å². The fourth-order valence-electron chi connectivity index (χ4n) is 2.75. The summed E-state index contributed by atoms with van der Waals surface area (Å²) in [5.41, 5.74) is 3.00. The minimum atomic E-state index is 0.519. The van der Waals surface area contributed by atoms with Gasteiger partial charge in [-0.15, -0.1) is 0 Å². The van der Waals surface area contributed by atoms with Crippen molar-refractivity contribution in [2.45, 2.75) is 31.8 Å². The molecule has 2 aromatic rings. The third-order valence-corrected chi connectivity index (χ3v) is 3.66. The number of fused-ring (bicyclic) bond motifs is 1. The highest BCUT2D eigenvalue weighted by Crippen LogP contribution is 2.29. The average Bonchev–Trinajstić information content (AvgIpc) is 2.92. The maximum Gasteiger partial charge on any atom is 0.0534 e. The molecule has 1 N–H and O–H groups in total. The molecule has 18 heavy (non-hydrogen) atoms. The standard InChI is InChI=1S/C15H19N3/c1-2-7-14-13(5-1)6-3-8-15(14)16-10-12-18-11-4-9-17-18/h1-2,4-5,7,9,11,15-16H,3,6,8,10,12H2. The summed E-state index contributed by atoms with van der Waals surface area (Å²) >= 11 is 0. The highest BCUT2D eigenvalue weighted by Gasteiger charge is 2.18. The van der Waals surface area contributed by atoms with E-state index in [0.717, 1.165) is 13.1 Å². The SMILES string of the molecule is c1ccc2c(c1)CCCC2NCCn1cccn1. The van der Waals surface area contributed by atoms with E-state index in [9.17, 15) is 0 Å². The third-order valence-electron chi connectivity index (χ3n) is 3.66. The highest BCUT2D eigenvalue weighted by atomic mass is 15.3. The van der Waals surface area contributed by atoms with E-state index in [1.807, 2.05) is 23.1 Å². The molecule has 0 saturated heterocycles. The Balaban J connectivity index is 1.60. The first kappa shape index (κ1) is 11.5. The molecule has 1 unspecified atom stereocenters. The van der Waals surface area contributed by atoms with Gasteiger partial charge in [0.25, 0.3) is 0 Å². The lowest BCUT2D eigenvalue weighted by atomic mass is 9.88. The molecule has 0 amide bonds. The predicted octanol–water partition coefficient (Wildman–Crippen LogP) is 2.55. The molecule has 1 aromatic heterocycles. The number of hydrogen-bond donors (Lipinski definition) is 1. The van der Waals surface area contributed by atoms with Crippen molar-refractivity contribution in [1.29, 1.82) is 0 Å². The summed E-state index contributed by atoms with van der Waals surface area (Å²) in [4.78, 5) is 0. The Bertz CT molecular complexity index is 490. The first-order valence-electron chi connectivity index (χ1n) is 6.72. The van der Waals surface area contributed by atoms with Crippen LogP contribution in [0.4, 0.5) is 0 Å². The Kier molecular flexibility index (Phi) is 3.42. The van der Waals surface area contributed by atoms with E-state index in [4.69, 9.17) is 0 Å². The maximum absolute atomic E-state index is 4.22. The summed E-state index contributed by atoms with van der Waals surface area (Å²) in [5.74, 6) is 0. The Morgan fingerprint density at radius 2 is 2.22 bits per heavy atom. The van der Waals surface area contributed by atoms with Crippen molar-refractivity contribution in [2.24, 2.45) is 0 Å². The molecule has 0 bridgehead atoms. The Morgan fingerprint density at radius 1 is 1.28 bits per heavy atom. The van der Waals surface area contributed by atoms with Crippen LogP contribution in [0, 0.1) is 0 Å². The molecule has 3 rings (SSSR count). The number of nitrogens with zero attached hydrogens (tertiary/aromatic N) is 2. The zero-order valence-electron chi connectivity index (χ0n) is 10.5. The summed E-state index contributed by atoms with van der Waals surface area (Å²) in [6, 6.07) is 11.3. The van der Waals surface area contributed by atoms with Crippen LogP contribution in [0.15, 0.2) is 42.7 Å². The molecule has 0 radical (unpaired) electrons. The van der Waals surface area contributed by atoms with Crippen LogP contribution in [0.1, 0.15) is 30.0 Å². The molecule has 0 aliphatic heterocycles. The summed E-state index contributed by atoms with van der Waals surface area (Å²) in [7, 11) is 0. The van der Waals surface area contributed by atoms with Crippen molar-refractivity contribution in [2.75, 3.05) is 6.54 Å². The molecular formula is C15H19N3. The first-order valence-corrected chi connectivity index (χ1v) is 6.72. The molecule has 3 heteroatoms. The van der Waals surface area contributed by atoms with Gasteiger partial charge in [-0.25, -0.2) is 0 Å². The van der Waals surface area contributed by atoms with E-state index >= 15 is 0 Å². The van der Waals surface area contributed by atoms with Gasteiger partial charge in [0.1, 0.15) is 0 Å². The van der Waals surface area contributed by atoms with Crippen LogP contribution in [-0.4, -0.2) is 16.3 Å². The molecule has 1 aliphatic rings. The van der Waals surface area contributed by atoms with Crippen LogP contribution < -0.4 is 5.32 Å². The number of aromatic nitrogens is 2. The number of rotatable bonds is 4. The fraction of sp³-hybridized carbons (Fsp3) is 0.400. The minimum Gasteiger partial charge on any atom is -0.308 e. The van der Waals surface area contributed by atoms with Crippen LogP contribution >= 0.6 is 0 Å². The number of nitrogens with one attached hydrogen (secondary N) is 1. The fourth-order valence-corrected chi connectivity index (χ4v) is 2.75. The Hall–Kier alpha value is -1.61. The van der Waals surface area contributed by atoms with Crippen LogP contribution in [0.3, 0.4) is 0 Å². The second-order valence-electron chi connectivity index (χ2n) is 4.87. The largest absolute Gasteiger partial charge is 0.308 e. The van der Waals surface area contributed by atoms with Gasteiger partial charge in [-0.05, 0) is 36.5 Å². The molecule has 3 nitrogen and oxygen atoms in total. The van der Waals surface area contributed by atoms with Crippen molar-refractivity contribution in [1.82, 2.24) is 15.1 Å². The van der Waals surface area contributed by atoms with Gasteiger partial charge in [-0.1, -0.05) is 24.3 Å². The van der Waals surface area contributed by atoms with Crippen molar-refractivity contribution >= 4 is 0 Å². The summed E-state index contributed by atoms with van der Waals surface area (Å²) in [6.07, 6.45) is 7.60. The van der Waals surface area contributed by atoms with E-state index in [2.05, 4.69) is 34.7 Å². The Morgan fingerprint density at radius 3 is 3.11 bits per heavy atom. The van der Waals surface area contributed by atoms with E-state index in [0.29, 0.717) is 6.04 Å². The second-order valence-corrected chi connectivity index (χ2v) is 4.87. The van der Waals surface area contributed by atoms with Gasteiger partial charge in [0.2, 0.25) is 0 Å². The van der Waals surface area contributed by atoms with Crippen LogP contribution in [0.25, 0.3) is 0 Å². The van der Waals surface area contributed by atoms with Gasteiger partial charge < -0.3 is 5.32 Å². The number of benzene rings is 1. The molecule has 1 aromatic carbocycles. The van der Waals surface area contributed by atoms with Crippen LogP contribution in [0.2, 0.25) is 0 Å². The quantitative estimate of drug-likeness (QED) is 0.891. The average molecular weight is 241 g/mol. The van der Waals surface area contributed by atoms with Gasteiger partial charge in [0.15, 0.2) is 0 Å². The lowest BCUT2D eigenvalue weighted by molar-refractivity contribution is 0.437. The highest BCUT2D eigenvalue weighted by molar-refractivity contribution is 5.32. The van der Waals surface area contributed by atoms with Crippen molar-refractivity contribution in [3.8, 4) is 0 Å². The second kappa shape index (κ2) is 5.36. The number of aryl methyl sites for hydroxylation is 1. The Labute approximate surface area is 108 Å². The van der Waals surface area contributed by atoms with Gasteiger partial charge in [-0.3, -0.25) is 4.68 Å². The smallest absolute Gasteiger partial charge is 0.0534 e. The van der Waals surface area contributed by atoms with Crippen molar-refractivity contribution in [3.05, 3.63) is 53.9 Å². The van der Waals surface area contributed by atoms with Crippen LogP contribution in [0.5, 0.6) is 0 Å². The molecule has 1 heterocycles. The lowest BCUT2D eigenvalue weighted by Crippen LogP contribution is -2.28. The molecule has 0 saturated carbocycles. The summed E-state index contributed by atoms with van der Waals surface area (Å²) < 4.78 is 1.97. The summed E-state index contributed by atoms with van der Waals surface area (Å²) in [6.45, 7) is 1.91. The van der Waals surface area contributed by atoms with E-state index < -0.39 is 0 Å². The summed E-state index contributed by atoms with van der Waals surface area (Å²) in [5, 5.41) is 7.88. The van der Waals surface area contributed by atoms with Crippen LogP contribution in [-0.2, 0) is 13.0 Å². The maximum atomic E-state index is 4.22. The third kappa shape index (κ3) is 2.46. The molecule has 94 valence electrons. The normalized spacial score (nSPS) is 18.6. The first-order chi connectivity index (χ1) is 8.93. The van der Waals surface area contributed by atoms with Gasteiger partial charge >= 0.3 is 0 Å². The predicted molar refractivity (Wildman–Crippen MR) is 72.4 cm³/mol. The molecule has 0 spiro atoms. The zero-order valence-corrected chi connectivity index (χ0v) is 10.5. The topological polar surface area (TPSA) is 29.9 Å². The lowest BCUT2D eigenvalue weighted by Gasteiger charge is -2.26. The monoisotopic (exact) mass is 241 g/mol. The molecule has 0 fully saturated rings. The van der Waals surface area contributed by atoms with Crippen molar-refractivity contribution < 1.29 is 0 Å². The molecular weight excluding hydrogens is 222 g/mol. The van der Waals surface area contributed by atoms with Gasteiger partial charge in [-0.2, -0.15) is 5.10 Å². The number of hydrogen-bond acceptors (Lipinski definition) is 2. The van der Waals surface area contributed by atoms with Gasteiger partial charge in [0, 0.05) is 25.0 Å². The minimum absolute atomic E-state index is 0.519. The molecule has 1 atom stereocenters. The van der Waals surface area contributed by atoms with E-state index in [1.165, 1.54) is 30.4 Å². The zero-order chi connectivity index (χ0) is 12.2. The molecule has 1 aliphatic carbocycles. The van der Waals surface area contributed by atoms with Gasteiger partial charge in [0.05, 0.1) is 6.54 Å².